The van der Waals surface area contributed by atoms with Crippen LogP contribution in [0.3, 0.4) is 0 Å². The Morgan fingerprint density at radius 3 is 2.56 bits per heavy atom. The van der Waals surface area contributed by atoms with Gasteiger partial charge in [-0.25, -0.2) is 0 Å². The zero-order chi connectivity index (χ0) is 13.6. The van der Waals surface area contributed by atoms with Gasteiger partial charge < -0.3 is 5.32 Å². The minimum atomic E-state index is -4.44. The molecule has 0 radical (unpaired) electrons. The summed E-state index contributed by atoms with van der Waals surface area (Å²) in [7, 11) is 0. The molecule has 0 unspecified atom stereocenters. The molecule has 0 saturated heterocycles. The van der Waals surface area contributed by atoms with Gasteiger partial charge in [0.2, 0.25) is 0 Å². The third-order valence-corrected chi connectivity index (χ3v) is 2.55. The average molecular weight is 256 g/mol. The number of rotatable bonds is 5. The minimum Gasteiger partial charge on any atom is -0.385 e. The van der Waals surface area contributed by atoms with Crippen molar-refractivity contribution in [3.63, 3.8) is 0 Å². The lowest BCUT2D eigenvalue weighted by Gasteiger charge is -2.14. The number of hydrogen-bond donors (Lipinski definition) is 1. The van der Waals surface area contributed by atoms with Crippen molar-refractivity contribution in [3.8, 4) is 6.07 Å². The van der Waals surface area contributed by atoms with E-state index in [1.807, 2.05) is 6.92 Å². The Labute approximate surface area is 104 Å². The molecule has 5 heteroatoms. The van der Waals surface area contributed by atoms with E-state index in [1.54, 1.807) is 6.07 Å². The van der Waals surface area contributed by atoms with Crippen LogP contribution < -0.4 is 5.32 Å². The quantitative estimate of drug-likeness (QED) is 0.802. The Bertz CT molecular complexity index is 433. The maximum Gasteiger partial charge on any atom is 0.418 e. The van der Waals surface area contributed by atoms with Crippen LogP contribution in [0.2, 0.25) is 0 Å². The monoisotopic (exact) mass is 256 g/mol. The largest absolute Gasteiger partial charge is 0.418 e. The van der Waals surface area contributed by atoms with Crippen molar-refractivity contribution in [1.29, 1.82) is 5.26 Å². The molecule has 0 aliphatic rings. The van der Waals surface area contributed by atoms with E-state index in [0.29, 0.717) is 6.54 Å². The molecule has 1 N–H and O–H groups in total. The molecule has 0 aliphatic heterocycles. The molecule has 0 saturated carbocycles. The van der Waals surface area contributed by atoms with Crippen LogP contribution in [-0.2, 0) is 6.18 Å². The maximum absolute atomic E-state index is 12.8. The van der Waals surface area contributed by atoms with Crippen LogP contribution in [0.15, 0.2) is 18.2 Å². The Hall–Kier alpha value is -1.70. The Morgan fingerprint density at radius 2 is 2.00 bits per heavy atom. The first-order valence-corrected chi connectivity index (χ1v) is 5.84. The maximum atomic E-state index is 12.8. The van der Waals surface area contributed by atoms with Gasteiger partial charge in [-0.3, -0.25) is 0 Å². The smallest absolute Gasteiger partial charge is 0.385 e. The van der Waals surface area contributed by atoms with Crippen molar-refractivity contribution < 1.29 is 13.2 Å². The number of unbranched alkanes of at least 4 members (excludes halogenated alkanes) is 2. The van der Waals surface area contributed by atoms with Crippen molar-refractivity contribution >= 4 is 5.69 Å². The molecule has 0 bridgehead atoms. The highest BCUT2D eigenvalue weighted by molar-refractivity contribution is 5.56. The number of nitrogens with zero attached hydrogens (tertiary/aromatic N) is 1. The fourth-order valence-corrected chi connectivity index (χ4v) is 1.60. The van der Waals surface area contributed by atoms with E-state index in [2.05, 4.69) is 5.32 Å². The lowest BCUT2D eigenvalue weighted by atomic mass is 10.1. The molecular formula is C13H15F3N2. The third-order valence-electron chi connectivity index (χ3n) is 2.55. The fourth-order valence-electron chi connectivity index (χ4n) is 1.60. The van der Waals surface area contributed by atoms with E-state index in [1.165, 1.54) is 12.1 Å². The fraction of sp³-hybridized carbons (Fsp3) is 0.462. The highest BCUT2D eigenvalue weighted by atomic mass is 19.4. The molecule has 0 aliphatic carbocycles. The predicted octanol–water partition coefficient (Wildman–Crippen LogP) is 4.18. The molecule has 1 aromatic rings. The van der Waals surface area contributed by atoms with Gasteiger partial charge in [0.05, 0.1) is 17.2 Å². The molecule has 18 heavy (non-hydrogen) atoms. The second-order valence-corrected chi connectivity index (χ2v) is 4.00. The van der Waals surface area contributed by atoms with Gasteiger partial charge in [-0.1, -0.05) is 19.8 Å². The van der Waals surface area contributed by atoms with E-state index in [-0.39, 0.29) is 11.3 Å². The van der Waals surface area contributed by atoms with Crippen molar-refractivity contribution in [2.75, 3.05) is 11.9 Å². The summed E-state index contributed by atoms with van der Waals surface area (Å²) >= 11 is 0. The molecule has 98 valence electrons. The van der Waals surface area contributed by atoms with Crippen LogP contribution >= 0.6 is 0 Å². The van der Waals surface area contributed by atoms with Crippen molar-refractivity contribution in [2.45, 2.75) is 32.4 Å². The Balaban J connectivity index is 2.87. The van der Waals surface area contributed by atoms with Crippen LogP contribution in [0.5, 0.6) is 0 Å². The highest BCUT2D eigenvalue weighted by Gasteiger charge is 2.33. The summed E-state index contributed by atoms with van der Waals surface area (Å²) in [6.07, 6.45) is -1.63. The van der Waals surface area contributed by atoms with Gasteiger partial charge in [-0.05, 0) is 24.6 Å². The van der Waals surface area contributed by atoms with Crippen LogP contribution in [0.25, 0.3) is 0 Å². The second-order valence-electron chi connectivity index (χ2n) is 4.00. The van der Waals surface area contributed by atoms with Gasteiger partial charge in [-0.2, -0.15) is 18.4 Å². The summed E-state index contributed by atoms with van der Waals surface area (Å²) in [5.74, 6) is 0. The highest BCUT2D eigenvalue weighted by Crippen LogP contribution is 2.35. The topological polar surface area (TPSA) is 35.8 Å². The number of halogens is 3. The number of anilines is 1. The summed E-state index contributed by atoms with van der Waals surface area (Å²) < 4.78 is 38.4. The van der Waals surface area contributed by atoms with Gasteiger partial charge >= 0.3 is 6.18 Å². The summed E-state index contributed by atoms with van der Waals surface area (Å²) in [6, 6.07) is 5.29. The summed E-state index contributed by atoms with van der Waals surface area (Å²) in [5, 5.41) is 11.4. The lowest BCUT2D eigenvalue weighted by Crippen LogP contribution is -2.12. The van der Waals surface area contributed by atoms with Gasteiger partial charge in [-0.15, -0.1) is 0 Å². The molecule has 1 aromatic carbocycles. The third kappa shape index (κ3) is 3.95. The molecule has 0 heterocycles. The normalized spacial score (nSPS) is 11.1. The average Bonchev–Trinajstić information content (AvgIpc) is 2.33. The predicted molar refractivity (Wildman–Crippen MR) is 64.2 cm³/mol. The van der Waals surface area contributed by atoms with Crippen molar-refractivity contribution in [1.82, 2.24) is 0 Å². The number of benzene rings is 1. The van der Waals surface area contributed by atoms with Crippen LogP contribution in [0.1, 0.15) is 37.3 Å². The van der Waals surface area contributed by atoms with Crippen molar-refractivity contribution in [3.05, 3.63) is 29.3 Å². The van der Waals surface area contributed by atoms with Crippen LogP contribution in [0, 0.1) is 11.3 Å². The second kappa shape index (κ2) is 6.29. The van der Waals surface area contributed by atoms with Crippen LogP contribution in [0.4, 0.5) is 18.9 Å². The van der Waals surface area contributed by atoms with Gasteiger partial charge in [0, 0.05) is 12.2 Å². The number of nitriles is 1. The van der Waals surface area contributed by atoms with Crippen LogP contribution in [-0.4, -0.2) is 6.54 Å². The summed E-state index contributed by atoms with van der Waals surface area (Å²) in [6.45, 7) is 2.53. The first-order chi connectivity index (χ1) is 8.49. The Kier molecular flexibility index (Phi) is 5.02. The summed E-state index contributed by atoms with van der Waals surface area (Å²) in [5.41, 5.74) is -0.725. The number of alkyl halides is 3. The SMILES string of the molecule is CCCCCNc1ccc(C#N)cc1C(F)(F)F. The van der Waals surface area contributed by atoms with E-state index in [4.69, 9.17) is 5.26 Å². The first kappa shape index (κ1) is 14.4. The molecule has 0 fully saturated rings. The van der Waals surface area contributed by atoms with Crippen molar-refractivity contribution in [2.24, 2.45) is 0 Å². The number of hydrogen-bond acceptors (Lipinski definition) is 2. The van der Waals surface area contributed by atoms with E-state index < -0.39 is 11.7 Å². The van der Waals surface area contributed by atoms with E-state index in [0.717, 1.165) is 25.3 Å². The van der Waals surface area contributed by atoms with Gasteiger partial charge in [0.1, 0.15) is 0 Å². The van der Waals surface area contributed by atoms with Gasteiger partial charge in [0.15, 0.2) is 0 Å². The molecule has 2 nitrogen and oxygen atoms in total. The lowest BCUT2D eigenvalue weighted by molar-refractivity contribution is -0.137. The first-order valence-electron chi connectivity index (χ1n) is 5.84. The zero-order valence-electron chi connectivity index (χ0n) is 10.1. The standard InChI is InChI=1S/C13H15F3N2/c1-2-3-4-7-18-12-6-5-10(9-17)8-11(12)13(14,15)16/h5-6,8,18H,2-4,7H2,1H3. The molecule has 0 atom stereocenters. The molecule has 0 spiro atoms. The molecule has 0 amide bonds. The van der Waals surface area contributed by atoms with E-state index >= 15 is 0 Å². The Morgan fingerprint density at radius 1 is 1.28 bits per heavy atom. The summed E-state index contributed by atoms with van der Waals surface area (Å²) in [4.78, 5) is 0. The van der Waals surface area contributed by atoms with Gasteiger partial charge in [0.25, 0.3) is 0 Å². The van der Waals surface area contributed by atoms with E-state index in [9.17, 15) is 13.2 Å². The molecule has 0 aromatic heterocycles. The molecule has 1 rings (SSSR count). The number of nitrogens with one attached hydrogen (secondary N) is 1. The molecular weight excluding hydrogens is 241 g/mol. The zero-order valence-corrected chi connectivity index (χ0v) is 10.1. The minimum absolute atomic E-state index is 0.0152.